The smallest absolute Gasteiger partial charge is 0.335 e. The molecule has 0 aromatic carbocycles. The molecule has 0 aliphatic carbocycles. The number of hydrogen-bond acceptors (Lipinski definition) is 11. The standard InChI is InChI=1S/C61H102O12/c1-4-7-10-13-16-19-22-25-27-30-32-35-38-41-44-47-53(62)69-50-52(71-54(63)48-45-42-39-36-34-31-28-26-23-20-17-14-11-8-5-2)51-70-61-59(57(66)56(65)58(73-61)60(67)68)72-55(64)49-46-43-40-37-33-29-24-21-18-15-12-9-6-3/h7,10,16,19,21,24-28,32,35,52,56-59,61,65-66H,4-6,8-9,11-15,17-18,20,22-23,29-31,33-34,36-51H2,1-3H3,(H,67,68)/b10-7-,19-16-,24-21-,27-25-,28-26-,35-32-. The fraction of sp³-hybridized carbons (Fsp3) is 0.738. The maximum Gasteiger partial charge on any atom is 0.335 e. The van der Waals surface area contributed by atoms with Crippen molar-refractivity contribution >= 4 is 23.9 Å². The van der Waals surface area contributed by atoms with E-state index < -0.39 is 67.3 Å². The number of rotatable bonds is 48. The molecule has 6 unspecified atom stereocenters. The quantitative estimate of drug-likeness (QED) is 0.0228. The highest BCUT2D eigenvalue weighted by molar-refractivity contribution is 5.74. The molecule has 6 atom stereocenters. The van der Waals surface area contributed by atoms with Gasteiger partial charge in [-0.25, -0.2) is 4.79 Å². The molecule has 0 saturated carbocycles. The summed E-state index contributed by atoms with van der Waals surface area (Å²) in [6.45, 7) is 5.80. The number of hydrogen-bond donors (Lipinski definition) is 3. The molecule has 1 aliphatic rings. The lowest BCUT2D eigenvalue weighted by Gasteiger charge is -2.40. The summed E-state index contributed by atoms with van der Waals surface area (Å²) in [5.41, 5.74) is 0. The van der Waals surface area contributed by atoms with Gasteiger partial charge >= 0.3 is 23.9 Å². The lowest BCUT2D eigenvalue weighted by Crippen LogP contribution is -2.61. The van der Waals surface area contributed by atoms with Crippen molar-refractivity contribution in [2.45, 2.75) is 276 Å². The second-order valence-electron chi connectivity index (χ2n) is 19.5. The molecule has 0 aromatic rings. The summed E-state index contributed by atoms with van der Waals surface area (Å²) in [5, 5.41) is 31.4. The Balaban J connectivity index is 2.75. The topological polar surface area (TPSA) is 175 Å². The van der Waals surface area contributed by atoms with Crippen LogP contribution >= 0.6 is 0 Å². The van der Waals surface area contributed by atoms with Crippen molar-refractivity contribution in [2.75, 3.05) is 13.2 Å². The maximum atomic E-state index is 13.1. The minimum absolute atomic E-state index is 0.0437. The van der Waals surface area contributed by atoms with E-state index in [4.69, 9.17) is 23.7 Å². The monoisotopic (exact) mass is 1030 g/mol. The molecule has 0 amide bonds. The van der Waals surface area contributed by atoms with Gasteiger partial charge in [0.05, 0.1) is 6.61 Å². The van der Waals surface area contributed by atoms with Crippen LogP contribution < -0.4 is 0 Å². The van der Waals surface area contributed by atoms with Gasteiger partial charge in [-0.1, -0.05) is 184 Å². The molecule has 0 bridgehead atoms. The Labute approximate surface area is 442 Å². The Morgan fingerprint density at radius 1 is 0.466 bits per heavy atom. The molecule has 12 heteroatoms. The van der Waals surface area contributed by atoms with Gasteiger partial charge in [0.1, 0.15) is 18.8 Å². The number of ether oxygens (including phenoxy) is 5. The van der Waals surface area contributed by atoms with Gasteiger partial charge in [0.2, 0.25) is 0 Å². The van der Waals surface area contributed by atoms with Crippen LogP contribution in [-0.2, 0) is 42.9 Å². The number of carboxylic acids is 1. The van der Waals surface area contributed by atoms with Crippen molar-refractivity contribution in [1.29, 1.82) is 0 Å². The van der Waals surface area contributed by atoms with Crippen LogP contribution in [0.15, 0.2) is 72.9 Å². The SMILES string of the molecule is CC/C=C\C/C=C\C/C=C\C/C=C\CCCCC(=O)OCC(COC1OC(C(=O)O)C(O)C(O)C1OC(=O)CCCCCCC/C=C\CCCCCC)OC(=O)CCCCCCC/C=C\CCCCCCCC. The van der Waals surface area contributed by atoms with Crippen LogP contribution in [-0.4, -0.2) is 89.2 Å². The average Bonchev–Trinajstić information content (AvgIpc) is 3.37. The highest BCUT2D eigenvalue weighted by Crippen LogP contribution is 2.26. The average molecular weight is 1030 g/mol. The minimum Gasteiger partial charge on any atom is -0.479 e. The molecule has 0 radical (unpaired) electrons. The van der Waals surface area contributed by atoms with Crippen molar-refractivity contribution in [3.63, 3.8) is 0 Å². The van der Waals surface area contributed by atoms with Crippen LogP contribution in [0.1, 0.15) is 239 Å². The molecule has 0 spiro atoms. The number of carboxylic acid groups (broad SMARTS) is 1. The molecular weight excluding hydrogens is 925 g/mol. The summed E-state index contributed by atoms with van der Waals surface area (Å²) in [6, 6.07) is 0. The van der Waals surface area contributed by atoms with Gasteiger partial charge in [-0.3, -0.25) is 14.4 Å². The fourth-order valence-electron chi connectivity index (χ4n) is 8.29. The predicted octanol–water partition coefficient (Wildman–Crippen LogP) is 14.6. The zero-order valence-corrected chi connectivity index (χ0v) is 45.9. The minimum atomic E-state index is -1.91. The third kappa shape index (κ3) is 39.3. The van der Waals surface area contributed by atoms with Gasteiger partial charge in [0.15, 0.2) is 24.6 Å². The molecule has 1 aliphatic heterocycles. The number of aliphatic hydroxyl groups excluding tert-OH is 2. The van der Waals surface area contributed by atoms with Crippen molar-refractivity contribution < 1.29 is 58.2 Å². The maximum absolute atomic E-state index is 13.1. The molecule has 3 N–H and O–H groups in total. The summed E-state index contributed by atoms with van der Waals surface area (Å²) in [4.78, 5) is 51.0. The van der Waals surface area contributed by atoms with Gasteiger partial charge in [-0.05, 0) is 109 Å². The Morgan fingerprint density at radius 3 is 1.37 bits per heavy atom. The van der Waals surface area contributed by atoms with Gasteiger partial charge in [0, 0.05) is 19.3 Å². The highest BCUT2D eigenvalue weighted by Gasteiger charge is 2.50. The first-order chi connectivity index (χ1) is 35.6. The molecule has 1 fully saturated rings. The number of carbonyl (C=O) groups is 4. The number of carbonyl (C=O) groups excluding carboxylic acids is 3. The number of unbranched alkanes of at least 4 members (excludes halogenated alkanes) is 22. The summed E-state index contributed by atoms with van der Waals surface area (Å²) in [5.74, 6) is -3.20. The van der Waals surface area contributed by atoms with Gasteiger partial charge in [0.25, 0.3) is 0 Å². The number of aliphatic carboxylic acids is 1. The summed E-state index contributed by atoms with van der Waals surface area (Å²) in [7, 11) is 0. The van der Waals surface area contributed by atoms with Crippen molar-refractivity contribution in [2.24, 2.45) is 0 Å². The van der Waals surface area contributed by atoms with E-state index >= 15 is 0 Å². The van der Waals surface area contributed by atoms with Crippen molar-refractivity contribution in [3.8, 4) is 0 Å². The molecule has 73 heavy (non-hydrogen) atoms. The predicted molar refractivity (Wildman–Crippen MR) is 294 cm³/mol. The second kappa shape index (κ2) is 49.1. The fourth-order valence-corrected chi connectivity index (χ4v) is 8.29. The van der Waals surface area contributed by atoms with E-state index in [2.05, 4.69) is 93.7 Å². The molecule has 418 valence electrons. The van der Waals surface area contributed by atoms with E-state index in [1.807, 2.05) is 0 Å². The van der Waals surface area contributed by atoms with Crippen LogP contribution in [0, 0.1) is 0 Å². The van der Waals surface area contributed by atoms with E-state index in [1.54, 1.807) is 0 Å². The second-order valence-corrected chi connectivity index (χ2v) is 19.5. The van der Waals surface area contributed by atoms with Crippen molar-refractivity contribution in [3.05, 3.63) is 72.9 Å². The molecule has 12 nitrogen and oxygen atoms in total. The summed E-state index contributed by atoms with van der Waals surface area (Å²) < 4.78 is 28.3. The lowest BCUT2D eigenvalue weighted by molar-refractivity contribution is -0.301. The van der Waals surface area contributed by atoms with E-state index in [1.165, 1.54) is 64.2 Å². The van der Waals surface area contributed by atoms with Crippen LogP contribution in [0.5, 0.6) is 0 Å². The lowest BCUT2D eigenvalue weighted by atomic mass is 9.98. The molecular formula is C61H102O12. The zero-order valence-electron chi connectivity index (χ0n) is 45.9. The van der Waals surface area contributed by atoms with Crippen LogP contribution in [0.25, 0.3) is 0 Å². The molecule has 1 saturated heterocycles. The van der Waals surface area contributed by atoms with Crippen LogP contribution in [0.3, 0.4) is 0 Å². The Hall–Kier alpha value is -3.84. The van der Waals surface area contributed by atoms with Crippen molar-refractivity contribution in [1.82, 2.24) is 0 Å². The molecule has 1 rings (SSSR count). The van der Waals surface area contributed by atoms with Gasteiger partial charge in [-0.2, -0.15) is 0 Å². The first kappa shape index (κ1) is 67.2. The number of esters is 3. The molecule has 1 heterocycles. The third-order valence-electron chi connectivity index (χ3n) is 12.7. The highest BCUT2D eigenvalue weighted by atomic mass is 16.7. The first-order valence-corrected chi connectivity index (χ1v) is 28.9. The number of aliphatic hydroxyl groups is 2. The summed E-state index contributed by atoms with van der Waals surface area (Å²) >= 11 is 0. The zero-order chi connectivity index (χ0) is 53.3. The van der Waals surface area contributed by atoms with Crippen LogP contribution in [0.2, 0.25) is 0 Å². The Morgan fingerprint density at radius 2 is 0.863 bits per heavy atom. The van der Waals surface area contributed by atoms with Gasteiger partial charge < -0.3 is 39.0 Å². The van der Waals surface area contributed by atoms with E-state index in [0.717, 1.165) is 116 Å². The number of allylic oxidation sites excluding steroid dienone is 12. The molecule has 0 aromatic heterocycles. The third-order valence-corrected chi connectivity index (χ3v) is 12.7. The van der Waals surface area contributed by atoms with E-state index in [-0.39, 0.29) is 25.9 Å². The van der Waals surface area contributed by atoms with E-state index in [9.17, 15) is 34.5 Å². The largest absolute Gasteiger partial charge is 0.479 e. The Bertz CT molecular complexity index is 1550. The Kier molecular flexibility index (Phi) is 45.1. The van der Waals surface area contributed by atoms with E-state index in [0.29, 0.717) is 19.3 Å². The van der Waals surface area contributed by atoms with Gasteiger partial charge in [-0.15, -0.1) is 0 Å². The summed E-state index contributed by atoms with van der Waals surface area (Å²) in [6.07, 6.45) is 48.8. The van der Waals surface area contributed by atoms with Crippen LogP contribution in [0.4, 0.5) is 0 Å². The first-order valence-electron chi connectivity index (χ1n) is 28.9. The normalized spacial score (nSPS) is 18.8.